The second-order valence-electron chi connectivity index (χ2n) is 18.8. The van der Waals surface area contributed by atoms with Crippen LogP contribution in [-0.2, 0) is 33.2 Å². The average molecular weight is 821 g/mol. The molecule has 17 nitrogen and oxygen atoms in total. The highest BCUT2D eigenvalue weighted by atomic mass is 16.7. The number of aliphatic hydroxyl groups is 10. The van der Waals surface area contributed by atoms with E-state index < -0.39 is 122 Å². The zero-order chi connectivity index (χ0) is 41.4. The molecule has 0 aromatic carbocycles. The predicted octanol–water partition coefficient (Wildman–Crippen LogP) is -1.34. The van der Waals surface area contributed by atoms with Crippen LogP contribution in [0.25, 0.3) is 0 Å². The third kappa shape index (κ3) is 7.45. The summed E-state index contributed by atoms with van der Waals surface area (Å²) in [5.41, 5.74) is -1.41. The Kier molecular flexibility index (Phi) is 13.1. The van der Waals surface area contributed by atoms with Gasteiger partial charge in [0, 0.05) is 12.5 Å². The van der Waals surface area contributed by atoms with Crippen molar-refractivity contribution < 1.29 is 84.2 Å². The van der Waals surface area contributed by atoms with Gasteiger partial charge in [0.25, 0.3) is 0 Å². The molecule has 7 rings (SSSR count). The number of hydrogen-bond donors (Lipinski definition) is 10. The summed E-state index contributed by atoms with van der Waals surface area (Å²) in [6.45, 7) is 7.01. The van der Waals surface area contributed by atoms with E-state index in [0.29, 0.717) is 18.3 Å². The average Bonchev–Trinajstić information content (AvgIpc) is 3.47. The van der Waals surface area contributed by atoms with Crippen LogP contribution in [-0.4, -0.2) is 181 Å². The van der Waals surface area contributed by atoms with Crippen molar-refractivity contribution in [2.45, 2.75) is 195 Å². The van der Waals surface area contributed by atoms with Gasteiger partial charge in [0.05, 0.1) is 37.1 Å². The third-order valence-corrected chi connectivity index (χ3v) is 16.1. The van der Waals surface area contributed by atoms with Gasteiger partial charge in [0.1, 0.15) is 67.1 Å². The van der Waals surface area contributed by atoms with Crippen molar-refractivity contribution in [3.8, 4) is 0 Å². The van der Waals surface area contributed by atoms with Crippen LogP contribution in [0, 0.1) is 34.5 Å². The van der Waals surface area contributed by atoms with Crippen molar-refractivity contribution in [3.63, 3.8) is 0 Å². The lowest BCUT2D eigenvalue weighted by Gasteiger charge is -2.64. The first-order valence-corrected chi connectivity index (χ1v) is 21.1. The maximum atomic E-state index is 12.8. The minimum absolute atomic E-state index is 0.0326. The summed E-state index contributed by atoms with van der Waals surface area (Å²) < 4.78 is 41.8. The summed E-state index contributed by atoms with van der Waals surface area (Å²) in [5.74, 6) is 0.667. The molecule has 4 aliphatic carbocycles. The first-order valence-electron chi connectivity index (χ1n) is 21.1. The molecular formula is C40H68O17. The number of methoxy groups -OCH3 is 1. The lowest BCUT2D eigenvalue weighted by Crippen LogP contribution is -2.64. The molecule has 0 unspecified atom stereocenters. The predicted molar refractivity (Wildman–Crippen MR) is 196 cm³/mol. The van der Waals surface area contributed by atoms with E-state index in [2.05, 4.69) is 13.8 Å². The van der Waals surface area contributed by atoms with Crippen LogP contribution in [0.3, 0.4) is 0 Å². The van der Waals surface area contributed by atoms with Crippen molar-refractivity contribution in [2.24, 2.45) is 34.5 Å². The standard InChI is InChI=1S/C40H68O17/c1-17(52-35-30(47)28(45)26(43)24(15-41)55-35)21-10-13-40(50)23-7-6-19-14-20(8-11-38(19,3)22(23)9-12-39(21,40)4)54-37-32(49)34(51-5)33(18(2)53-37)57-36-31(48)29(46)27(44)25(16-42)56-36/h17-37,41-50H,6-16H2,1-5H3/t17-,18+,19-,20-,21+,22-,23+,24+,25+,26+,27+,28-,29-,30+,31+,32+,33-,34+,35+,36-,37-,38-,39+,40-/m0/s1. The summed E-state index contributed by atoms with van der Waals surface area (Å²) in [6.07, 6.45) is -12.4. The molecule has 17 heteroatoms. The molecule has 10 N–H and O–H groups in total. The van der Waals surface area contributed by atoms with Gasteiger partial charge < -0.3 is 84.2 Å². The molecule has 4 saturated carbocycles. The maximum Gasteiger partial charge on any atom is 0.187 e. The Labute approximate surface area is 334 Å². The topological polar surface area (TPSA) is 267 Å². The van der Waals surface area contributed by atoms with Crippen LogP contribution in [0.2, 0.25) is 0 Å². The first-order chi connectivity index (χ1) is 26.9. The van der Waals surface area contributed by atoms with Crippen molar-refractivity contribution in [2.75, 3.05) is 20.3 Å². The Morgan fingerprint density at radius 2 is 1.26 bits per heavy atom. The van der Waals surface area contributed by atoms with Crippen LogP contribution >= 0.6 is 0 Å². The molecule has 0 aromatic heterocycles. The fourth-order valence-corrected chi connectivity index (χ4v) is 12.7. The first kappa shape index (κ1) is 44.4. The van der Waals surface area contributed by atoms with Crippen molar-refractivity contribution >= 4 is 0 Å². The highest BCUT2D eigenvalue weighted by molar-refractivity contribution is 5.17. The van der Waals surface area contributed by atoms with E-state index in [1.54, 1.807) is 6.92 Å². The molecular weight excluding hydrogens is 752 g/mol. The van der Waals surface area contributed by atoms with Gasteiger partial charge >= 0.3 is 0 Å². The van der Waals surface area contributed by atoms with Gasteiger partial charge in [-0.3, -0.25) is 0 Å². The summed E-state index contributed by atoms with van der Waals surface area (Å²) in [4.78, 5) is 0. The number of hydrogen-bond acceptors (Lipinski definition) is 17. The second kappa shape index (κ2) is 16.9. The van der Waals surface area contributed by atoms with Gasteiger partial charge in [-0.1, -0.05) is 13.8 Å². The molecule has 330 valence electrons. The molecule has 7 aliphatic rings. The molecule has 24 atom stereocenters. The Bertz CT molecular complexity index is 1360. The van der Waals surface area contributed by atoms with E-state index in [0.717, 1.165) is 51.4 Å². The molecule has 0 amide bonds. The summed E-state index contributed by atoms with van der Waals surface area (Å²) >= 11 is 0. The normalized spacial score (nSPS) is 56.1. The quantitative estimate of drug-likeness (QED) is 0.114. The van der Waals surface area contributed by atoms with E-state index in [1.165, 1.54) is 7.11 Å². The Morgan fingerprint density at radius 3 is 1.89 bits per heavy atom. The van der Waals surface area contributed by atoms with Crippen LogP contribution in [0.5, 0.6) is 0 Å². The Hall–Kier alpha value is -0.680. The van der Waals surface area contributed by atoms with Crippen molar-refractivity contribution in [3.05, 3.63) is 0 Å². The molecule has 3 aliphatic heterocycles. The summed E-state index contributed by atoms with van der Waals surface area (Å²) in [5, 5.41) is 106. The van der Waals surface area contributed by atoms with E-state index in [-0.39, 0.29) is 23.4 Å². The molecule has 3 saturated heterocycles. The molecule has 0 aromatic rings. The van der Waals surface area contributed by atoms with Gasteiger partial charge in [-0.25, -0.2) is 0 Å². The minimum Gasteiger partial charge on any atom is -0.394 e. The SMILES string of the molecule is CO[C@@H]1[C@@H](O)[C@H](O[C@H]2CC[C@@]3(C)[C@@H](CC[C@@H]4[C@@H]3CC[C@]3(C)[C@@H]([C@H](C)O[C@@H]5O[C@H](CO)[C@@H](O)[C@H](O)[C@H]5O)CC[C@]43O)C2)O[C@H](C)[C@@H]1O[C@@H]1O[C@H](CO)[C@@H](O)[C@H](O)[C@H]1O. The highest BCUT2D eigenvalue weighted by Gasteiger charge is 2.68. The highest BCUT2D eigenvalue weighted by Crippen LogP contribution is 2.69. The van der Waals surface area contributed by atoms with Gasteiger partial charge in [0.2, 0.25) is 0 Å². The lowest BCUT2D eigenvalue weighted by atomic mass is 9.43. The van der Waals surface area contributed by atoms with Gasteiger partial charge in [0.15, 0.2) is 18.9 Å². The van der Waals surface area contributed by atoms with E-state index in [1.807, 2.05) is 6.92 Å². The van der Waals surface area contributed by atoms with Crippen LogP contribution < -0.4 is 0 Å². The largest absolute Gasteiger partial charge is 0.394 e. The van der Waals surface area contributed by atoms with Gasteiger partial charge in [-0.05, 0) is 101 Å². The summed E-state index contributed by atoms with van der Waals surface area (Å²) in [6, 6.07) is 0. The molecule has 7 fully saturated rings. The van der Waals surface area contributed by atoms with Crippen LogP contribution in [0.4, 0.5) is 0 Å². The maximum absolute atomic E-state index is 12.8. The van der Waals surface area contributed by atoms with Crippen molar-refractivity contribution in [1.29, 1.82) is 0 Å². The minimum atomic E-state index is -1.62. The number of ether oxygens (including phenoxy) is 7. The monoisotopic (exact) mass is 820 g/mol. The zero-order valence-electron chi connectivity index (χ0n) is 33.7. The third-order valence-electron chi connectivity index (χ3n) is 16.1. The Morgan fingerprint density at radius 1 is 0.649 bits per heavy atom. The lowest BCUT2D eigenvalue weighted by molar-refractivity contribution is -0.362. The number of rotatable bonds is 10. The summed E-state index contributed by atoms with van der Waals surface area (Å²) in [7, 11) is 1.42. The van der Waals surface area contributed by atoms with E-state index >= 15 is 0 Å². The molecule has 3 heterocycles. The molecule has 57 heavy (non-hydrogen) atoms. The van der Waals surface area contributed by atoms with Crippen molar-refractivity contribution in [1.82, 2.24) is 0 Å². The second-order valence-corrected chi connectivity index (χ2v) is 18.8. The van der Waals surface area contributed by atoms with E-state index in [9.17, 15) is 51.1 Å². The van der Waals surface area contributed by atoms with Crippen LogP contribution in [0.15, 0.2) is 0 Å². The molecule has 0 radical (unpaired) electrons. The van der Waals surface area contributed by atoms with E-state index in [4.69, 9.17) is 33.2 Å². The number of fused-ring (bicyclic) bond motifs is 5. The number of aliphatic hydroxyl groups excluding tert-OH is 9. The molecule has 0 spiro atoms. The van der Waals surface area contributed by atoms with Gasteiger partial charge in [-0.15, -0.1) is 0 Å². The smallest absolute Gasteiger partial charge is 0.187 e. The fourth-order valence-electron chi connectivity index (χ4n) is 12.7. The fraction of sp³-hybridized carbons (Fsp3) is 1.00. The molecule has 0 bridgehead atoms. The van der Waals surface area contributed by atoms with Crippen LogP contribution in [0.1, 0.15) is 85.5 Å². The van der Waals surface area contributed by atoms with Gasteiger partial charge in [-0.2, -0.15) is 0 Å². The zero-order valence-corrected chi connectivity index (χ0v) is 33.7. The Balaban J connectivity index is 0.969.